The maximum Gasteiger partial charge on any atom is 0.237 e. The molecule has 3 heterocycles. The minimum atomic E-state index is 0.143. The zero-order valence-corrected chi connectivity index (χ0v) is 18.5. The van der Waals surface area contributed by atoms with E-state index in [0.717, 1.165) is 36.3 Å². The fraction of sp³-hybridized carbons (Fsp3) is 0.375. The third kappa shape index (κ3) is 4.94. The SMILES string of the molecule is CCc1ccc(-c2cnc(OC)c(Nc3ccnc(N4C[C@@H](C)O[C@@H](C)C4)n3)c2)cc1. The first-order valence-electron chi connectivity index (χ1n) is 10.7. The van der Waals surface area contributed by atoms with Crippen molar-refractivity contribution in [2.75, 3.05) is 30.4 Å². The Balaban J connectivity index is 1.59. The number of aryl methyl sites for hydroxylation is 1. The van der Waals surface area contributed by atoms with Crippen LogP contribution in [0.1, 0.15) is 26.3 Å². The molecular formula is C24H29N5O2. The van der Waals surface area contributed by atoms with Gasteiger partial charge < -0.3 is 19.7 Å². The molecule has 7 nitrogen and oxygen atoms in total. The summed E-state index contributed by atoms with van der Waals surface area (Å²) in [5.41, 5.74) is 4.18. The Labute approximate surface area is 183 Å². The number of methoxy groups -OCH3 is 1. The van der Waals surface area contributed by atoms with Gasteiger partial charge in [-0.05, 0) is 43.5 Å². The zero-order chi connectivity index (χ0) is 21.8. The second-order valence-corrected chi connectivity index (χ2v) is 7.86. The summed E-state index contributed by atoms with van der Waals surface area (Å²) >= 11 is 0. The highest BCUT2D eigenvalue weighted by atomic mass is 16.5. The van der Waals surface area contributed by atoms with E-state index in [9.17, 15) is 0 Å². The molecule has 1 N–H and O–H groups in total. The molecule has 0 unspecified atom stereocenters. The number of anilines is 3. The molecule has 1 saturated heterocycles. The number of pyridine rings is 1. The highest BCUT2D eigenvalue weighted by Gasteiger charge is 2.24. The molecule has 1 aromatic carbocycles. The van der Waals surface area contributed by atoms with Gasteiger partial charge in [0.25, 0.3) is 0 Å². The molecular weight excluding hydrogens is 390 g/mol. The second-order valence-electron chi connectivity index (χ2n) is 7.86. The van der Waals surface area contributed by atoms with Crippen LogP contribution in [0, 0.1) is 0 Å². The highest BCUT2D eigenvalue weighted by molar-refractivity contribution is 5.72. The van der Waals surface area contributed by atoms with Crippen LogP contribution in [0.4, 0.5) is 17.5 Å². The lowest BCUT2D eigenvalue weighted by Gasteiger charge is -2.35. The van der Waals surface area contributed by atoms with Crippen molar-refractivity contribution in [2.45, 2.75) is 39.4 Å². The first-order valence-corrected chi connectivity index (χ1v) is 10.7. The molecule has 7 heteroatoms. The summed E-state index contributed by atoms with van der Waals surface area (Å²) in [5.74, 6) is 1.89. The van der Waals surface area contributed by atoms with Crippen molar-refractivity contribution in [3.8, 4) is 17.0 Å². The molecule has 2 aromatic heterocycles. The van der Waals surface area contributed by atoms with Gasteiger partial charge in [0, 0.05) is 31.0 Å². The van der Waals surface area contributed by atoms with Crippen LogP contribution in [0.3, 0.4) is 0 Å². The van der Waals surface area contributed by atoms with Crippen molar-refractivity contribution in [1.82, 2.24) is 15.0 Å². The topological polar surface area (TPSA) is 72.4 Å². The van der Waals surface area contributed by atoms with Gasteiger partial charge in [-0.2, -0.15) is 4.98 Å². The van der Waals surface area contributed by atoms with Crippen LogP contribution < -0.4 is 15.0 Å². The first-order chi connectivity index (χ1) is 15.1. The van der Waals surface area contributed by atoms with Gasteiger partial charge in [0.05, 0.1) is 19.3 Å². The monoisotopic (exact) mass is 419 g/mol. The van der Waals surface area contributed by atoms with E-state index in [1.807, 2.05) is 18.3 Å². The van der Waals surface area contributed by atoms with Gasteiger partial charge in [0.1, 0.15) is 11.5 Å². The van der Waals surface area contributed by atoms with Crippen molar-refractivity contribution in [3.63, 3.8) is 0 Å². The van der Waals surface area contributed by atoms with Crippen LogP contribution >= 0.6 is 0 Å². The van der Waals surface area contributed by atoms with E-state index < -0.39 is 0 Å². The number of nitrogens with zero attached hydrogens (tertiary/aromatic N) is 4. The quantitative estimate of drug-likeness (QED) is 0.632. The summed E-state index contributed by atoms with van der Waals surface area (Å²) in [6.45, 7) is 7.82. The molecule has 0 aliphatic carbocycles. The molecule has 1 aliphatic heterocycles. The van der Waals surface area contributed by atoms with Gasteiger partial charge in [-0.3, -0.25) is 0 Å². The van der Waals surface area contributed by atoms with Crippen molar-refractivity contribution in [3.05, 3.63) is 54.4 Å². The molecule has 1 aliphatic rings. The van der Waals surface area contributed by atoms with Gasteiger partial charge in [-0.25, -0.2) is 9.97 Å². The smallest absolute Gasteiger partial charge is 0.237 e. The molecule has 0 amide bonds. The number of ether oxygens (including phenoxy) is 2. The van der Waals surface area contributed by atoms with E-state index in [4.69, 9.17) is 14.5 Å². The molecule has 0 radical (unpaired) electrons. The summed E-state index contributed by atoms with van der Waals surface area (Å²) < 4.78 is 11.3. The van der Waals surface area contributed by atoms with Crippen molar-refractivity contribution >= 4 is 17.5 Å². The van der Waals surface area contributed by atoms with Crippen LogP contribution in [-0.2, 0) is 11.2 Å². The number of morpholine rings is 1. The minimum Gasteiger partial charge on any atom is -0.480 e. The average Bonchev–Trinajstić information content (AvgIpc) is 2.79. The van der Waals surface area contributed by atoms with Crippen LogP contribution in [0.15, 0.2) is 48.8 Å². The standard InChI is InChI=1S/C24H29N5O2/c1-5-18-6-8-19(9-7-18)20-12-21(23(30-4)26-13-20)27-22-10-11-25-24(28-22)29-14-16(2)31-17(3)15-29/h6-13,16-17H,5,14-15H2,1-4H3,(H,25,27,28)/t16-,17+. The highest BCUT2D eigenvalue weighted by Crippen LogP contribution is 2.31. The number of nitrogens with one attached hydrogen (secondary N) is 1. The van der Waals surface area contributed by atoms with Crippen LogP contribution in [0.25, 0.3) is 11.1 Å². The van der Waals surface area contributed by atoms with Crippen molar-refractivity contribution in [2.24, 2.45) is 0 Å². The Bertz CT molecular complexity index is 1010. The van der Waals surface area contributed by atoms with E-state index in [2.05, 4.69) is 65.2 Å². The van der Waals surface area contributed by atoms with Crippen molar-refractivity contribution < 1.29 is 9.47 Å². The van der Waals surface area contributed by atoms with Gasteiger partial charge in [-0.15, -0.1) is 0 Å². The van der Waals surface area contributed by atoms with Gasteiger partial charge >= 0.3 is 0 Å². The van der Waals surface area contributed by atoms with Gasteiger partial charge in [0.15, 0.2) is 0 Å². The second kappa shape index (κ2) is 9.31. The Hall–Kier alpha value is -3.19. The van der Waals surface area contributed by atoms with E-state index in [0.29, 0.717) is 17.6 Å². The largest absolute Gasteiger partial charge is 0.480 e. The molecule has 0 bridgehead atoms. The minimum absolute atomic E-state index is 0.143. The third-order valence-corrected chi connectivity index (χ3v) is 5.35. The summed E-state index contributed by atoms with van der Waals surface area (Å²) in [4.78, 5) is 15.8. The number of rotatable bonds is 6. The Morgan fingerprint density at radius 1 is 1.06 bits per heavy atom. The fourth-order valence-corrected chi connectivity index (χ4v) is 3.84. The summed E-state index contributed by atoms with van der Waals surface area (Å²) in [5, 5.41) is 3.36. The summed E-state index contributed by atoms with van der Waals surface area (Å²) in [6.07, 6.45) is 4.90. The summed E-state index contributed by atoms with van der Waals surface area (Å²) in [7, 11) is 1.62. The van der Waals surface area contributed by atoms with Crippen LogP contribution in [0.5, 0.6) is 5.88 Å². The van der Waals surface area contributed by atoms with E-state index in [-0.39, 0.29) is 12.2 Å². The van der Waals surface area contributed by atoms with E-state index in [1.54, 1.807) is 13.3 Å². The lowest BCUT2D eigenvalue weighted by atomic mass is 10.0. The van der Waals surface area contributed by atoms with Crippen LogP contribution in [0.2, 0.25) is 0 Å². The van der Waals surface area contributed by atoms with E-state index >= 15 is 0 Å². The van der Waals surface area contributed by atoms with E-state index in [1.165, 1.54) is 5.56 Å². The fourth-order valence-electron chi connectivity index (χ4n) is 3.84. The number of hydrogen-bond donors (Lipinski definition) is 1. The molecule has 3 aromatic rings. The predicted octanol–water partition coefficient (Wildman–Crippen LogP) is 4.47. The number of aromatic nitrogens is 3. The van der Waals surface area contributed by atoms with Gasteiger partial charge in [0.2, 0.25) is 11.8 Å². The Kier molecular flexibility index (Phi) is 6.32. The average molecular weight is 420 g/mol. The van der Waals surface area contributed by atoms with Crippen molar-refractivity contribution in [1.29, 1.82) is 0 Å². The first kappa shape index (κ1) is 21.1. The lowest BCUT2D eigenvalue weighted by Crippen LogP contribution is -2.46. The molecule has 162 valence electrons. The number of hydrogen-bond acceptors (Lipinski definition) is 7. The zero-order valence-electron chi connectivity index (χ0n) is 18.5. The maximum absolute atomic E-state index is 5.83. The normalized spacial score (nSPS) is 18.6. The molecule has 4 rings (SSSR count). The lowest BCUT2D eigenvalue weighted by molar-refractivity contribution is -0.00571. The summed E-state index contributed by atoms with van der Waals surface area (Å²) in [6, 6.07) is 12.4. The van der Waals surface area contributed by atoms with Crippen LogP contribution in [-0.4, -0.2) is 47.4 Å². The Morgan fingerprint density at radius 3 is 2.48 bits per heavy atom. The molecule has 2 atom stereocenters. The number of benzene rings is 1. The van der Waals surface area contributed by atoms with Gasteiger partial charge in [-0.1, -0.05) is 31.2 Å². The molecule has 0 spiro atoms. The molecule has 31 heavy (non-hydrogen) atoms. The Morgan fingerprint density at radius 2 is 1.81 bits per heavy atom. The third-order valence-electron chi connectivity index (χ3n) is 5.35. The maximum atomic E-state index is 5.83. The molecule has 1 fully saturated rings. The molecule has 0 saturated carbocycles. The predicted molar refractivity (Wildman–Crippen MR) is 123 cm³/mol.